The van der Waals surface area contributed by atoms with Crippen LogP contribution in [0.3, 0.4) is 0 Å². The average Bonchev–Trinajstić information content (AvgIpc) is 2.47. The number of H-pyrrole nitrogens is 1. The first-order valence-corrected chi connectivity index (χ1v) is 9.27. The van der Waals surface area contributed by atoms with Gasteiger partial charge in [0.1, 0.15) is 4.64 Å². The molecule has 22 heavy (non-hydrogen) atoms. The highest BCUT2D eigenvalue weighted by atomic mass is 32.2. The lowest BCUT2D eigenvalue weighted by atomic mass is 10.2. The molecule has 0 bridgehead atoms. The summed E-state index contributed by atoms with van der Waals surface area (Å²) in [5.74, 6) is -0.198. The van der Waals surface area contributed by atoms with Crippen molar-refractivity contribution in [2.45, 2.75) is 0 Å². The van der Waals surface area contributed by atoms with E-state index in [2.05, 4.69) is 15.2 Å². The van der Waals surface area contributed by atoms with Crippen molar-refractivity contribution in [2.24, 2.45) is 0 Å². The van der Waals surface area contributed by atoms with Crippen LogP contribution in [0, 0.1) is 4.64 Å². The van der Waals surface area contributed by atoms with Gasteiger partial charge in [0.05, 0.1) is 11.8 Å². The molecule has 0 saturated carbocycles. The Hall–Kier alpha value is -1.29. The Morgan fingerprint density at radius 2 is 2.05 bits per heavy atom. The summed E-state index contributed by atoms with van der Waals surface area (Å²) in [7, 11) is -3.10. The van der Waals surface area contributed by atoms with Crippen LogP contribution in [0.15, 0.2) is 18.3 Å². The van der Waals surface area contributed by atoms with Gasteiger partial charge < -0.3 is 10.3 Å². The summed E-state index contributed by atoms with van der Waals surface area (Å²) in [5, 5.41) is 2.83. The lowest BCUT2D eigenvalue weighted by Crippen LogP contribution is -2.49. The Kier molecular flexibility index (Phi) is 5.68. The number of carbonyl (C=O) groups is 1. The van der Waals surface area contributed by atoms with E-state index < -0.39 is 10.0 Å². The van der Waals surface area contributed by atoms with Crippen LogP contribution < -0.4 is 5.32 Å². The number of aromatic amines is 1. The average molecular weight is 344 g/mol. The van der Waals surface area contributed by atoms with Crippen LogP contribution in [0.2, 0.25) is 0 Å². The topological polar surface area (TPSA) is 85.5 Å². The zero-order valence-corrected chi connectivity index (χ0v) is 14.0. The number of hydrogen-bond acceptors (Lipinski definition) is 5. The number of aromatic nitrogens is 1. The van der Waals surface area contributed by atoms with Crippen LogP contribution in [0.1, 0.15) is 10.4 Å². The van der Waals surface area contributed by atoms with E-state index in [0.717, 1.165) is 0 Å². The lowest BCUT2D eigenvalue weighted by molar-refractivity contribution is 0.0944. The largest absolute Gasteiger partial charge is 0.352 e. The molecule has 1 saturated heterocycles. The molecule has 9 heteroatoms. The number of nitrogens with zero attached hydrogens (tertiary/aromatic N) is 2. The second-order valence-corrected chi connectivity index (χ2v) is 7.56. The third kappa shape index (κ3) is 4.60. The standard InChI is InChI=1S/C13H20N4O3S2/c1-22(19,20)17-9-7-16(8-10-17)6-5-14-12(18)11-3-2-4-15-13(11)21/h2-4H,5-10H2,1H3,(H,14,18)(H,15,21). The van der Waals surface area contributed by atoms with Gasteiger partial charge in [-0.1, -0.05) is 12.2 Å². The van der Waals surface area contributed by atoms with Gasteiger partial charge in [-0.2, -0.15) is 4.31 Å². The van der Waals surface area contributed by atoms with Crippen LogP contribution in [-0.4, -0.2) is 74.0 Å². The molecule has 1 aromatic rings. The van der Waals surface area contributed by atoms with E-state index in [0.29, 0.717) is 49.5 Å². The van der Waals surface area contributed by atoms with E-state index in [1.54, 1.807) is 18.3 Å². The third-order valence-corrected chi connectivity index (χ3v) is 5.22. The van der Waals surface area contributed by atoms with Gasteiger partial charge in [0.25, 0.3) is 5.91 Å². The number of nitrogens with one attached hydrogen (secondary N) is 2. The predicted molar refractivity (Wildman–Crippen MR) is 86.8 cm³/mol. The van der Waals surface area contributed by atoms with Gasteiger partial charge in [-0.05, 0) is 12.1 Å². The lowest BCUT2D eigenvalue weighted by Gasteiger charge is -2.33. The number of rotatable bonds is 5. The highest BCUT2D eigenvalue weighted by Crippen LogP contribution is 2.05. The molecule has 0 unspecified atom stereocenters. The van der Waals surface area contributed by atoms with E-state index in [1.807, 2.05) is 0 Å². The highest BCUT2D eigenvalue weighted by molar-refractivity contribution is 7.88. The minimum atomic E-state index is -3.10. The highest BCUT2D eigenvalue weighted by Gasteiger charge is 2.22. The molecule has 0 radical (unpaired) electrons. The first-order valence-electron chi connectivity index (χ1n) is 7.01. The van der Waals surface area contributed by atoms with Crippen molar-refractivity contribution >= 4 is 28.1 Å². The van der Waals surface area contributed by atoms with Crippen LogP contribution in [0.4, 0.5) is 0 Å². The quantitative estimate of drug-likeness (QED) is 0.738. The fourth-order valence-electron chi connectivity index (χ4n) is 2.31. The number of hydrogen-bond donors (Lipinski definition) is 2. The molecule has 1 amide bonds. The maximum absolute atomic E-state index is 12.0. The maximum Gasteiger partial charge on any atom is 0.254 e. The van der Waals surface area contributed by atoms with E-state index in [-0.39, 0.29) is 5.91 Å². The monoisotopic (exact) mass is 344 g/mol. The van der Waals surface area contributed by atoms with Crippen molar-refractivity contribution in [3.8, 4) is 0 Å². The van der Waals surface area contributed by atoms with Crippen molar-refractivity contribution in [3.63, 3.8) is 0 Å². The molecule has 0 aromatic carbocycles. The summed E-state index contributed by atoms with van der Waals surface area (Å²) in [6, 6.07) is 3.41. The Morgan fingerprint density at radius 3 is 2.64 bits per heavy atom. The van der Waals surface area contributed by atoms with Gasteiger partial charge in [0, 0.05) is 45.5 Å². The molecule has 1 aliphatic heterocycles. The van der Waals surface area contributed by atoms with Crippen LogP contribution >= 0.6 is 12.2 Å². The first-order chi connectivity index (χ1) is 10.4. The Morgan fingerprint density at radius 1 is 1.36 bits per heavy atom. The number of piperazine rings is 1. The molecule has 7 nitrogen and oxygen atoms in total. The van der Waals surface area contributed by atoms with Crippen molar-refractivity contribution < 1.29 is 13.2 Å². The Bertz CT molecular complexity index is 679. The van der Waals surface area contributed by atoms with Crippen molar-refractivity contribution in [2.75, 3.05) is 45.5 Å². The molecule has 0 atom stereocenters. The van der Waals surface area contributed by atoms with E-state index in [4.69, 9.17) is 12.2 Å². The normalized spacial score (nSPS) is 17.3. The smallest absolute Gasteiger partial charge is 0.254 e. The first kappa shape index (κ1) is 17.1. The molecule has 0 spiro atoms. The third-order valence-electron chi connectivity index (χ3n) is 3.58. The fraction of sp³-hybridized carbons (Fsp3) is 0.538. The van der Waals surface area contributed by atoms with Gasteiger partial charge in [-0.25, -0.2) is 8.42 Å². The second kappa shape index (κ2) is 7.32. The molecular formula is C13H20N4O3S2. The summed E-state index contributed by atoms with van der Waals surface area (Å²) in [6.07, 6.45) is 2.91. The van der Waals surface area contributed by atoms with Gasteiger partial charge in [0.2, 0.25) is 10.0 Å². The van der Waals surface area contributed by atoms with Crippen LogP contribution in [0.5, 0.6) is 0 Å². The molecule has 2 N–H and O–H groups in total. The number of sulfonamides is 1. The number of carbonyl (C=O) groups excluding carboxylic acids is 1. The molecular weight excluding hydrogens is 324 g/mol. The van der Waals surface area contributed by atoms with Gasteiger partial charge in [0.15, 0.2) is 0 Å². The fourth-order valence-corrected chi connectivity index (χ4v) is 3.36. The predicted octanol–water partition coefficient (Wildman–Crippen LogP) is 0.0512. The van der Waals surface area contributed by atoms with Crippen LogP contribution in [0.25, 0.3) is 0 Å². The second-order valence-electron chi connectivity index (χ2n) is 5.17. The van der Waals surface area contributed by atoms with Crippen molar-refractivity contribution in [1.29, 1.82) is 0 Å². The Labute approximate surface area is 135 Å². The molecule has 2 rings (SSSR count). The number of amides is 1. The summed E-state index contributed by atoms with van der Waals surface area (Å²) >= 11 is 5.06. The zero-order valence-electron chi connectivity index (χ0n) is 12.4. The van der Waals surface area contributed by atoms with Gasteiger partial charge in [-0.3, -0.25) is 9.69 Å². The molecule has 2 heterocycles. The molecule has 0 aliphatic carbocycles. The van der Waals surface area contributed by atoms with E-state index >= 15 is 0 Å². The molecule has 122 valence electrons. The Balaban J connectivity index is 1.75. The summed E-state index contributed by atoms with van der Waals surface area (Å²) < 4.78 is 24.7. The molecule has 1 fully saturated rings. The van der Waals surface area contributed by atoms with Gasteiger partial charge >= 0.3 is 0 Å². The molecule has 1 aliphatic rings. The minimum Gasteiger partial charge on any atom is -0.352 e. The maximum atomic E-state index is 12.0. The van der Waals surface area contributed by atoms with E-state index in [1.165, 1.54) is 10.6 Å². The van der Waals surface area contributed by atoms with Crippen molar-refractivity contribution in [1.82, 2.24) is 19.5 Å². The van der Waals surface area contributed by atoms with Crippen molar-refractivity contribution in [3.05, 3.63) is 28.5 Å². The summed E-state index contributed by atoms with van der Waals surface area (Å²) in [5.41, 5.74) is 0.458. The number of pyridine rings is 1. The van der Waals surface area contributed by atoms with E-state index in [9.17, 15) is 13.2 Å². The summed E-state index contributed by atoms with van der Waals surface area (Å²) in [6.45, 7) is 3.53. The summed E-state index contributed by atoms with van der Waals surface area (Å²) in [4.78, 5) is 16.9. The zero-order chi connectivity index (χ0) is 16.2. The van der Waals surface area contributed by atoms with Crippen LogP contribution in [-0.2, 0) is 10.0 Å². The molecule has 1 aromatic heterocycles. The van der Waals surface area contributed by atoms with Gasteiger partial charge in [-0.15, -0.1) is 0 Å². The minimum absolute atomic E-state index is 0.198. The SMILES string of the molecule is CS(=O)(=O)N1CCN(CCNC(=O)c2ccc[nH]c2=S)CC1.